The molecule has 0 bridgehead atoms. The van der Waals surface area contributed by atoms with Gasteiger partial charge in [-0.05, 0) is 23.8 Å². The molecule has 0 spiro atoms. The summed E-state index contributed by atoms with van der Waals surface area (Å²) < 4.78 is 15.8. The van der Waals surface area contributed by atoms with Crippen LogP contribution < -0.4 is 0 Å². The van der Waals surface area contributed by atoms with Crippen molar-refractivity contribution in [2.75, 3.05) is 0 Å². The van der Waals surface area contributed by atoms with E-state index in [4.69, 9.17) is 0 Å². The van der Waals surface area contributed by atoms with E-state index in [1.165, 1.54) is 16.9 Å². The average Bonchev–Trinajstić information content (AvgIpc) is 2.65. The van der Waals surface area contributed by atoms with Gasteiger partial charge in [0.05, 0.1) is 6.20 Å². The van der Waals surface area contributed by atoms with Gasteiger partial charge in [0.15, 0.2) is 5.78 Å². The molecule has 1 aromatic carbocycles. The SMILES string of the molecule is O=C1Cc2cc(Br)cc(F)c2-n2nccc21. The summed E-state index contributed by atoms with van der Waals surface area (Å²) in [5.74, 6) is -0.413. The Morgan fingerprint density at radius 1 is 1.44 bits per heavy atom. The summed E-state index contributed by atoms with van der Waals surface area (Å²) in [6, 6.07) is 4.73. The molecule has 0 N–H and O–H groups in total. The second-order valence-corrected chi connectivity index (χ2v) is 4.54. The Morgan fingerprint density at radius 2 is 2.25 bits per heavy atom. The number of nitrogens with zero attached hydrogens (tertiary/aromatic N) is 2. The molecule has 0 unspecified atom stereocenters. The number of halogens is 2. The Labute approximate surface area is 99.0 Å². The predicted octanol–water partition coefficient (Wildman–Crippen LogP) is 2.51. The van der Waals surface area contributed by atoms with E-state index in [9.17, 15) is 9.18 Å². The molecule has 16 heavy (non-hydrogen) atoms. The first kappa shape index (κ1) is 9.72. The molecule has 1 aliphatic heterocycles. The monoisotopic (exact) mass is 280 g/mol. The summed E-state index contributed by atoms with van der Waals surface area (Å²) in [5.41, 5.74) is 1.48. The highest BCUT2D eigenvalue weighted by Crippen LogP contribution is 2.29. The van der Waals surface area contributed by atoms with Crippen molar-refractivity contribution in [2.24, 2.45) is 0 Å². The van der Waals surface area contributed by atoms with Gasteiger partial charge in [-0.3, -0.25) is 4.79 Å². The third-order valence-corrected chi connectivity index (χ3v) is 3.06. The summed E-state index contributed by atoms with van der Waals surface area (Å²) in [7, 11) is 0. The molecule has 0 amide bonds. The maximum atomic E-state index is 13.8. The van der Waals surface area contributed by atoms with Crippen molar-refractivity contribution in [2.45, 2.75) is 6.42 Å². The van der Waals surface area contributed by atoms with Crippen LogP contribution in [0.25, 0.3) is 5.69 Å². The second kappa shape index (κ2) is 3.25. The van der Waals surface area contributed by atoms with E-state index in [0.29, 0.717) is 21.4 Å². The lowest BCUT2D eigenvalue weighted by molar-refractivity contribution is 0.0981. The van der Waals surface area contributed by atoms with Gasteiger partial charge in [0.1, 0.15) is 17.2 Å². The van der Waals surface area contributed by atoms with Crippen LogP contribution in [0.4, 0.5) is 4.39 Å². The zero-order valence-electron chi connectivity index (χ0n) is 8.08. The number of Topliss-reactive ketones (excluding diaryl/α,β-unsaturated/α-hetero) is 1. The van der Waals surface area contributed by atoms with Crippen LogP contribution in [-0.2, 0) is 6.42 Å². The quantitative estimate of drug-likeness (QED) is 0.743. The summed E-state index contributed by atoms with van der Waals surface area (Å²) in [5, 5.41) is 3.98. The number of rotatable bonds is 0. The molecule has 2 aromatic rings. The van der Waals surface area contributed by atoms with Gasteiger partial charge in [0.25, 0.3) is 0 Å². The largest absolute Gasteiger partial charge is 0.292 e. The number of hydrogen-bond acceptors (Lipinski definition) is 2. The summed E-state index contributed by atoms with van der Waals surface area (Å²) >= 11 is 3.21. The summed E-state index contributed by atoms with van der Waals surface area (Å²) in [4.78, 5) is 11.7. The Morgan fingerprint density at radius 3 is 3.06 bits per heavy atom. The maximum Gasteiger partial charge on any atom is 0.185 e. The fraction of sp³-hybridized carbons (Fsp3) is 0.0909. The van der Waals surface area contributed by atoms with E-state index < -0.39 is 0 Å². The third kappa shape index (κ3) is 1.24. The molecule has 0 atom stereocenters. The third-order valence-electron chi connectivity index (χ3n) is 2.60. The van der Waals surface area contributed by atoms with E-state index >= 15 is 0 Å². The molecule has 2 heterocycles. The van der Waals surface area contributed by atoms with Crippen LogP contribution in [0.5, 0.6) is 0 Å². The molecule has 5 heteroatoms. The van der Waals surface area contributed by atoms with Gasteiger partial charge >= 0.3 is 0 Å². The van der Waals surface area contributed by atoms with E-state index in [2.05, 4.69) is 21.0 Å². The van der Waals surface area contributed by atoms with E-state index in [1.807, 2.05) is 0 Å². The van der Waals surface area contributed by atoms with Gasteiger partial charge < -0.3 is 0 Å². The van der Waals surface area contributed by atoms with Crippen molar-refractivity contribution in [3.63, 3.8) is 0 Å². The Kier molecular flexibility index (Phi) is 1.97. The number of hydrogen-bond donors (Lipinski definition) is 0. The molecule has 0 radical (unpaired) electrons. The maximum absolute atomic E-state index is 13.8. The van der Waals surface area contributed by atoms with Gasteiger partial charge in [-0.15, -0.1) is 0 Å². The first-order valence-corrected chi connectivity index (χ1v) is 5.51. The van der Waals surface area contributed by atoms with Crippen LogP contribution in [0.15, 0.2) is 28.9 Å². The average molecular weight is 281 g/mol. The molecular weight excluding hydrogens is 275 g/mol. The van der Waals surface area contributed by atoms with Crippen LogP contribution in [0.3, 0.4) is 0 Å². The molecular formula is C11H6BrFN2O. The first-order valence-electron chi connectivity index (χ1n) is 4.72. The van der Waals surface area contributed by atoms with Crippen molar-refractivity contribution >= 4 is 21.7 Å². The zero-order chi connectivity index (χ0) is 11.3. The topological polar surface area (TPSA) is 34.9 Å². The number of carbonyl (C=O) groups excluding carboxylic acids is 1. The molecule has 0 fully saturated rings. The van der Waals surface area contributed by atoms with Gasteiger partial charge in [-0.1, -0.05) is 15.9 Å². The van der Waals surface area contributed by atoms with E-state index in [0.717, 1.165) is 0 Å². The van der Waals surface area contributed by atoms with Crippen LogP contribution in [-0.4, -0.2) is 15.6 Å². The van der Waals surface area contributed by atoms with Crippen LogP contribution in [0, 0.1) is 5.82 Å². The summed E-state index contributed by atoms with van der Waals surface area (Å²) in [6.45, 7) is 0. The number of fused-ring (bicyclic) bond motifs is 3. The van der Waals surface area contributed by atoms with Crippen molar-refractivity contribution in [1.82, 2.24) is 9.78 Å². The molecule has 0 aliphatic carbocycles. The van der Waals surface area contributed by atoms with Crippen LogP contribution in [0.1, 0.15) is 16.1 Å². The Balaban J connectivity index is 2.36. The smallest absolute Gasteiger partial charge is 0.185 e. The highest BCUT2D eigenvalue weighted by atomic mass is 79.9. The first-order chi connectivity index (χ1) is 7.66. The van der Waals surface area contributed by atoms with E-state index in [-0.39, 0.29) is 18.0 Å². The molecule has 80 valence electrons. The van der Waals surface area contributed by atoms with Gasteiger partial charge in [0, 0.05) is 10.9 Å². The molecule has 1 aliphatic rings. The minimum Gasteiger partial charge on any atom is -0.292 e. The standard InChI is InChI=1S/C11H6BrFN2O/c12-7-3-6-4-10(16)9-1-2-14-15(9)11(6)8(13)5-7/h1-3,5H,4H2. The van der Waals surface area contributed by atoms with Crippen molar-refractivity contribution in [3.8, 4) is 5.69 Å². The Bertz CT molecular complexity index is 606. The van der Waals surface area contributed by atoms with Gasteiger partial charge in [-0.25, -0.2) is 9.07 Å². The molecule has 0 saturated heterocycles. The molecule has 3 nitrogen and oxygen atoms in total. The van der Waals surface area contributed by atoms with E-state index in [1.54, 1.807) is 12.1 Å². The fourth-order valence-corrected chi connectivity index (χ4v) is 2.42. The zero-order valence-corrected chi connectivity index (χ0v) is 9.66. The van der Waals surface area contributed by atoms with Crippen LogP contribution >= 0.6 is 15.9 Å². The lowest BCUT2D eigenvalue weighted by Gasteiger charge is -2.17. The second-order valence-electron chi connectivity index (χ2n) is 3.62. The molecule has 1 aromatic heterocycles. The minimum atomic E-state index is -0.373. The minimum absolute atomic E-state index is 0.0394. The highest BCUT2D eigenvalue weighted by molar-refractivity contribution is 9.10. The number of aromatic nitrogens is 2. The summed E-state index contributed by atoms with van der Waals surface area (Å²) in [6.07, 6.45) is 1.72. The van der Waals surface area contributed by atoms with Gasteiger partial charge in [0.2, 0.25) is 0 Å². The highest BCUT2D eigenvalue weighted by Gasteiger charge is 2.25. The number of ketones is 1. The molecule has 3 rings (SSSR count). The lowest BCUT2D eigenvalue weighted by Crippen LogP contribution is -2.20. The predicted molar refractivity (Wildman–Crippen MR) is 59.3 cm³/mol. The van der Waals surface area contributed by atoms with Crippen molar-refractivity contribution in [1.29, 1.82) is 0 Å². The van der Waals surface area contributed by atoms with Crippen molar-refractivity contribution in [3.05, 3.63) is 45.9 Å². The number of carbonyl (C=O) groups is 1. The van der Waals surface area contributed by atoms with Crippen LogP contribution in [0.2, 0.25) is 0 Å². The van der Waals surface area contributed by atoms with Crippen molar-refractivity contribution < 1.29 is 9.18 Å². The molecule has 0 saturated carbocycles. The fourth-order valence-electron chi connectivity index (χ4n) is 1.95. The van der Waals surface area contributed by atoms with Gasteiger partial charge in [-0.2, -0.15) is 5.10 Å². The lowest BCUT2D eigenvalue weighted by atomic mass is 10.0. The Hall–Kier alpha value is -1.49. The number of benzene rings is 1. The normalized spacial score (nSPS) is 13.5.